The fourth-order valence-corrected chi connectivity index (χ4v) is 3.92. The number of urea groups is 1. The van der Waals surface area contributed by atoms with Crippen LogP contribution in [-0.2, 0) is 4.79 Å². The topological polar surface area (TPSA) is 81.1 Å². The predicted octanol–water partition coefficient (Wildman–Crippen LogP) is 0.891. The summed E-state index contributed by atoms with van der Waals surface area (Å²) in [6.45, 7) is 2.51. The molecule has 0 aromatic rings. The van der Waals surface area contributed by atoms with Crippen molar-refractivity contribution in [2.45, 2.75) is 57.2 Å². The van der Waals surface area contributed by atoms with Gasteiger partial charge in [0, 0.05) is 25.2 Å². The van der Waals surface area contributed by atoms with Crippen LogP contribution in [0.3, 0.4) is 0 Å². The molecule has 3 fully saturated rings. The zero-order valence-corrected chi connectivity index (χ0v) is 11.8. The molecule has 2 N–H and O–H groups in total. The number of piperidine rings is 1. The number of carbonyl (C=O) groups is 2. The third kappa shape index (κ3) is 2.06. The zero-order valence-electron chi connectivity index (χ0n) is 11.8. The third-order valence-electron chi connectivity index (χ3n) is 5.19. The molecule has 0 aromatic carbocycles. The molecule has 3 rings (SSSR count). The number of likely N-dealkylation sites (tertiary alicyclic amines) is 1. The van der Waals surface area contributed by atoms with Crippen molar-refractivity contribution in [1.82, 2.24) is 9.80 Å². The van der Waals surface area contributed by atoms with Gasteiger partial charge in [-0.2, -0.15) is 0 Å². The van der Waals surface area contributed by atoms with Crippen LogP contribution >= 0.6 is 0 Å². The van der Waals surface area contributed by atoms with Crippen LogP contribution in [0.15, 0.2) is 0 Å². The van der Waals surface area contributed by atoms with Crippen LogP contribution in [-0.4, -0.2) is 63.3 Å². The molecule has 0 saturated carbocycles. The summed E-state index contributed by atoms with van der Waals surface area (Å²) in [5.41, 5.74) is -0.815. The van der Waals surface area contributed by atoms with Gasteiger partial charge in [0.05, 0.1) is 11.5 Å². The number of aliphatic hydroxyl groups is 1. The van der Waals surface area contributed by atoms with E-state index in [0.717, 1.165) is 12.8 Å². The minimum Gasteiger partial charge on any atom is -0.481 e. The van der Waals surface area contributed by atoms with Crippen LogP contribution in [0.2, 0.25) is 0 Å². The van der Waals surface area contributed by atoms with Crippen molar-refractivity contribution in [2.24, 2.45) is 5.41 Å². The minimum absolute atomic E-state index is 0.0330. The summed E-state index contributed by atoms with van der Waals surface area (Å²) >= 11 is 0. The molecule has 3 heterocycles. The first-order valence-corrected chi connectivity index (χ1v) is 7.39. The second-order valence-electron chi connectivity index (χ2n) is 6.74. The van der Waals surface area contributed by atoms with Crippen molar-refractivity contribution in [3.63, 3.8) is 0 Å². The van der Waals surface area contributed by atoms with E-state index in [4.69, 9.17) is 0 Å². The number of aliphatic carboxylic acids is 1. The first kappa shape index (κ1) is 13.7. The third-order valence-corrected chi connectivity index (χ3v) is 5.19. The Morgan fingerprint density at radius 1 is 1.20 bits per heavy atom. The molecule has 3 saturated heterocycles. The van der Waals surface area contributed by atoms with Gasteiger partial charge >= 0.3 is 12.0 Å². The molecule has 20 heavy (non-hydrogen) atoms. The Hall–Kier alpha value is -1.30. The smallest absolute Gasteiger partial charge is 0.320 e. The summed E-state index contributed by atoms with van der Waals surface area (Å²) in [4.78, 5) is 27.5. The van der Waals surface area contributed by atoms with Gasteiger partial charge < -0.3 is 20.0 Å². The molecule has 3 atom stereocenters. The van der Waals surface area contributed by atoms with Crippen molar-refractivity contribution >= 4 is 12.0 Å². The first-order chi connectivity index (χ1) is 9.40. The lowest BCUT2D eigenvalue weighted by Gasteiger charge is -2.39. The summed E-state index contributed by atoms with van der Waals surface area (Å²) in [5, 5.41) is 19.0. The lowest BCUT2D eigenvalue weighted by molar-refractivity contribution is -0.147. The molecule has 6 nitrogen and oxygen atoms in total. The van der Waals surface area contributed by atoms with Gasteiger partial charge in [0.25, 0.3) is 0 Å². The van der Waals surface area contributed by atoms with E-state index in [2.05, 4.69) is 0 Å². The van der Waals surface area contributed by atoms with Crippen LogP contribution < -0.4 is 0 Å². The second kappa shape index (κ2) is 4.62. The largest absolute Gasteiger partial charge is 0.481 e. The highest BCUT2D eigenvalue weighted by Gasteiger charge is 2.48. The molecule has 0 aliphatic carbocycles. The highest BCUT2D eigenvalue weighted by atomic mass is 16.4. The molecule has 2 bridgehead atoms. The van der Waals surface area contributed by atoms with Crippen molar-refractivity contribution in [1.29, 1.82) is 0 Å². The van der Waals surface area contributed by atoms with Crippen LogP contribution in [0.4, 0.5) is 4.79 Å². The number of rotatable bonds is 1. The molecule has 0 spiro atoms. The van der Waals surface area contributed by atoms with Crippen LogP contribution in [0, 0.1) is 5.41 Å². The Balaban J connectivity index is 1.70. The number of aliphatic hydroxyl groups excluding tert-OH is 1. The predicted molar refractivity (Wildman–Crippen MR) is 71.2 cm³/mol. The van der Waals surface area contributed by atoms with Gasteiger partial charge in [-0.15, -0.1) is 0 Å². The fraction of sp³-hybridized carbons (Fsp3) is 0.857. The van der Waals surface area contributed by atoms with Crippen LogP contribution in [0.5, 0.6) is 0 Å². The Kier molecular flexibility index (Phi) is 3.16. The summed E-state index contributed by atoms with van der Waals surface area (Å²) in [6, 6.07) is 0.232. The molecular formula is C14H22N2O4. The number of amides is 2. The lowest BCUT2D eigenvalue weighted by Crippen LogP contribution is -2.53. The second-order valence-corrected chi connectivity index (χ2v) is 6.74. The Morgan fingerprint density at radius 2 is 1.80 bits per heavy atom. The highest BCUT2D eigenvalue weighted by molar-refractivity contribution is 5.80. The van der Waals surface area contributed by atoms with Gasteiger partial charge in [-0.05, 0) is 39.0 Å². The molecule has 0 radical (unpaired) electrons. The van der Waals surface area contributed by atoms with Gasteiger partial charge in [0.15, 0.2) is 0 Å². The summed E-state index contributed by atoms with van der Waals surface area (Å²) in [6.07, 6.45) is 3.45. The lowest BCUT2D eigenvalue weighted by atomic mass is 9.90. The Bertz CT molecular complexity index is 427. The number of carboxylic acid groups (broad SMARTS) is 1. The first-order valence-electron chi connectivity index (χ1n) is 7.39. The number of hydrogen-bond acceptors (Lipinski definition) is 3. The van der Waals surface area contributed by atoms with Crippen molar-refractivity contribution in [2.75, 3.05) is 13.1 Å². The van der Waals surface area contributed by atoms with E-state index in [1.807, 2.05) is 4.90 Å². The molecule has 0 aromatic heterocycles. The van der Waals surface area contributed by atoms with E-state index in [0.29, 0.717) is 32.4 Å². The van der Waals surface area contributed by atoms with Crippen LogP contribution in [0.25, 0.3) is 0 Å². The fourth-order valence-electron chi connectivity index (χ4n) is 3.92. The Morgan fingerprint density at radius 3 is 2.30 bits per heavy atom. The standard InChI is InChI=1S/C14H22N2O4/c1-14(12(18)19)4-5-15(8-14)13(20)16-9-2-3-10(16)7-11(17)6-9/h9-11,17H,2-8H2,1H3,(H,18,19). The number of nitrogens with zero attached hydrogens (tertiary/aromatic N) is 2. The SMILES string of the molecule is CC1(C(=O)O)CCN(C(=O)N2C3CCC2CC(O)C3)C1. The molecule has 3 unspecified atom stereocenters. The molecule has 3 aliphatic rings. The molecule has 112 valence electrons. The van der Waals surface area contributed by atoms with Crippen molar-refractivity contribution < 1.29 is 19.8 Å². The van der Waals surface area contributed by atoms with Gasteiger partial charge in [-0.3, -0.25) is 4.79 Å². The number of carboxylic acids is 1. The molecule has 6 heteroatoms. The molecule has 3 aliphatic heterocycles. The summed E-state index contributed by atoms with van der Waals surface area (Å²) < 4.78 is 0. The van der Waals surface area contributed by atoms with E-state index in [1.165, 1.54) is 0 Å². The Labute approximate surface area is 118 Å². The van der Waals surface area contributed by atoms with E-state index in [-0.39, 0.29) is 24.2 Å². The maximum Gasteiger partial charge on any atom is 0.320 e. The van der Waals surface area contributed by atoms with Crippen LogP contribution in [0.1, 0.15) is 39.0 Å². The summed E-state index contributed by atoms with van der Waals surface area (Å²) in [5.74, 6) is -0.829. The van der Waals surface area contributed by atoms with E-state index < -0.39 is 11.4 Å². The van der Waals surface area contributed by atoms with Crippen molar-refractivity contribution in [3.8, 4) is 0 Å². The number of fused-ring (bicyclic) bond motifs is 2. The number of hydrogen-bond donors (Lipinski definition) is 2. The summed E-state index contributed by atoms with van der Waals surface area (Å²) in [7, 11) is 0. The minimum atomic E-state index is -0.829. The number of carbonyl (C=O) groups excluding carboxylic acids is 1. The molecular weight excluding hydrogens is 260 g/mol. The van der Waals surface area contributed by atoms with E-state index >= 15 is 0 Å². The maximum atomic E-state index is 12.7. The van der Waals surface area contributed by atoms with Gasteiger partial charge in [0.1, 0.15) is 0 Å². The van der Waals surface area contributed by atoms with E-state index in [9.17, 15) is 19.8 Å². The maximum absolute atomic E-state index is 12.7. The quantitative estimate of drug-likeness (QED) is 0.748. The highest BCUT2D eigenvalue weighted by Crippen LogP contribution is 2.38. The van der Waals surface area contributed by atoms with Gasteiger partial charge in [-0.1, -0.05) is 0 Å². The van der Waals surface area contributed by atoms with Gasteiger partial charge in [-0.25, -0.2) is 4.79 Å². The monoisotopic (exact) mass is 282 g/mol. The van der Waals surface area contributed by atoms with E-state index in [1.54, 1.807) is 11.8 Å². The van der Waals surface area contributed by atoms with Crippen molar-refractivity contribution in [3.05, 3.63) is 0 Å². The molecule has 2 amide bonds. The average Bonchev–Trinajstić information content (AvgIpc) is 2.90. The average molecular weight is 282 g/mol. The van der Waals surface area contributed by atoms with Gasteiger partial charge in [0.2, 0.25) is 0 Å². The zero-order chi connectivity index (χ0) is 14.5. The normalized spacial score (nSPS) is 40.2.